The van der Waals surface area contributed by atoms with Gasteiger partial charge in [-0.25, -0.2) is 0 Å². The Balaban J connectivity index is 1.92. The Morgan fingerprint density at radius 3 is 2.71 bits per heavy atom. The second-order valence-corrected chi connectivity index (χ2v) is 7.09. The van der Waals surface area contributed by atoms with Gasteiger partial charge in [-0.1, -0.05) is 30.3 Å². The van der Waals surface area contributed by atoms with Crippen molar-refractivity contribution < 1.29 is 4.79 Å². The first-order valence-corrected chi connectivity index (χ1v) is 8.94. The molecule has 2 rings (SSSR count). The van der Waals surface area contributed by atoms with Crippen LogP contribution in [-0.2, 0) is 17.8 Å². The summed E-state index contributed by atoms with van der Waals surface area (Å²) in [4.78, 5) is 16.8. The van der Waals surface area contributed by atoms with Crippen LogP contribution in [0.2, 0.25) is 0 Å². The smallest absolute Gasteiger partial charge is 0.234 e. The van der Waals surface area contributed by atoms with Gasteiger partial charge in [-0.2, -0.15) is 5.26 Å². The quantitative estimate of drug-likeness (QED) is 0.713. The van der Waals surface area contributed by atoms with Crippen LogP contribution in [0.3, 0.4) is 0 Å². The number of hydrogen-bond donors (Lipinski definition) is 1. The first-order chi connectivity index (χ1) is 11.7. The summed E-state index contributed by atoms with van der Waals surface area (Å²) < 4.78 is 0. The van der Waals surface area contributed by atoms with Crippen LogP contribution < -0.4 is 5.32 Å². The molecule has 5 heteroatoms. The largest absolute Gasteiger partial charge is 0.354 e. The van der Waals surface area contributed by atoms with E-state index in [0.717, 1.165) is 19.5 Å². The highest BCUT2D eigenvalue weighted by atomic mass is 32.1. The molecule has 1 N–H and O–H groups in total. The average molecular weight is 341 g/mol. The first kappa shape index (κ1) is 18.2. The number of carbonyl (C=O) groups is 1. The zero-order valence-electron chi connectivity index (χ0n) is 14.0. The molecule has 0 unspecified atom stereocenters. The van der Waals surface area contributed by atoms with Crippen molar-refractivity contribution in [2.45, 2.75) is 26.3 Å². The van der Waals surface area contributed by atoms with Crippen molar-refractivity contribution in [3.05, 3.63) is 57.8 Å². The molecule has 24 heavy (non-hydrogen) atoms. The Labute approximate surface area is 147 Å². The lowest BCUT2D eigenvalue weighted by atomic mass is 10.1. The Bertz CT molecular complexity index is 675. The van der Waals surface area contributed by atoms with Gasteiger partial charge < -0.3 is 5.32 Å². The maximum Gasteiger partial charge on any atom is 0.234 e. The van der Waals surface area contributed by atoms with Crippen molar-refractivity contribution >= 4 is 17.2 Å². The standard InChI is InChI=1S/C19H23N3OS/c1-16-8-9-18(24-16)14-22(15-19(23)21-12-5-11-20)13-10-17-6-3-2-4-7-17/h2-4,6-9H,5,10,12-15H2,1H3,(H,21,23). The lowest BCUT2D eigenvalue weighted by molar-refractivity contribution is -0.122. The summed E-state index contributed by atoms with van der Waals surface area (Å²) >= 11 is 1.77. The Morgan fingerprint density at radius 2 is 2.04 bits per heavy atom. The average Bonchev–Trinajstić information content (AvgIpc) is 2.99. The third kappa shape index (κ3) is 6.53. The summed E-state index contributed by atoms with van der Waals surface area (Å²) in [7, 11) is 0. The fraction of sp³-hybridized carbons (Fsp3) is 0.368. The van der Waals surface area contributed by atoms with Crippen LogP contribution in [0, 0.1) is 18.3 Å². The van der Waals surface area contributed by atoms with E-state index in [2.05, 4.69) is 41.4 Å². The highest BCUT2D eigenvalue weighted by Crippen LogP contribution is 2.17. The van der Waals surface area contributed by atoms with Crippen LogP contribution in [0.15, 0.2) is 42.5 Å². The number of aryl methyl sites for hydroxylation is 1. The molecule has 0 radical (unpaired) electrons. The maximum absolute atomic E-state index is 12.1. The molecule has 126 valence electrons. The van der Waals surface area contributed by atoms with Gasteiger partial charge in [0.05, 0.1) is 19.0 Å². The molecule has 0 atom stereocenters. The van der Waals surface area contributed by atoms with Crippen molar-refractivity contribution in [3.63, 3.8) is 0 Å². The van der Waals surface area contributed by atoms with Crippen molar-refractivity contribution in [2.24, 2.45) is 0 Å². The summed E-state index contributed by atoms with van der Waals surface area (Å²) in [6.07, 6.45) is 1.26. The van der Waals surface area contributed by atoms with Gasteiger partial charge in [-0.3, -0.25) is 9.69 Å². The fourth-order valence-electron chi connectivity index (χ4n) is 2.45. The minimum absolute atomic E-state index is 0.0217. The van der Waals surface area contributed by atoms with Crippen molar-refractivity contribution in [1.82, 2.24) is 10.2 Å². The number of nitrogens with one attached hydrogen (secondary N) is 1. The number of nitriles is 1. The summed E-state index contributed by atoms with van der Waals surface area (Å²) in [5, 5.41) is 11.4. The molecule has 1 heterocycles. The van der Waals surface area contributed by atoms with E-state index in [1.54, 1.807) is 11.3 Å². The van der Waals surface area contributed by atoms with Crippen LogP contribution in [0.5, 0.6) is 0 Å². The van der Waals surface area contributed by atoms with E-state index < -0.39 is 0 Å². The lowest BCUT2D eigenvalue weighted by Crippen LogP contribution is -2.38. The van der Waals surface area contributed by atoms with Gasteiger partial charge in [-0.05, 0) is 31.0 Å². The molecule has 0 saturated carbocycles. The summed E-state index contributed by atoms with van der Waals surface area (Å²) in [5.74, 6) is -0.0217. The number of carbonyl (C=O) groups excluding carboxylic acids is 1. The first-order valence-electron chi connectivity index (χ1n) is 8.12. The van der Waals surface area contributed by atoms with Gasteiger partial charge >= 0.3 is 0 Å². The molecule has 0 aliphatic heterocycles. The van der Waals surface area contributed by atoms with Gasteiger partial charge in [0.2, 0.25) is 5.91 Å². The molecule has 0 spiro atoms. The zero-order valence-corrected chi connectivity index (χ0v) is 14.8. The normalized spacial score (nSPS) is 10.5. The third-order valence-corrected chi connectivity index (χ3v) is 4.65. The van der Waals surface area contributed by atoms with E-state index in [-0.39, 0.29) is 5.91 Å². The third-order valence-electron chi connectivity index (χ3n) is 3.66. The molecule has 0 fully saturated rings. The SMILES string of the molecule is Cc1ccc(CN(CCc2ccccc2)CC(=O)NCCC#N)s1. The van der Waals surface area contributed by atoms with Crippen LogP contribution >= 0.6 is 11.3 Å². The predicted molar refractivity (Wildman–Crippen MR) is 97.7 cm³/mol. The van der Waals surface area contributed by atoms with Crippen LogP contribution in [-0.4, -0.2) is 30.4 Å². The highest BCUT2D eigenvalue weighted by molar-refractivity contribution is 7.11. The number of amides is 1. The predicted octanol–water partition coefficient (Wildman–Crippen LogP) is 3.13. The van der Waals surface area contributed by atoms with Gasteiger partial charge in [0.1, 0.15) is 0 Å². The van der Waals surface area contributed by atoms with Gasteiger partial charge in [-0.15, -0.1) is 11.3 Å². The molecule has 0 aliphatic carbocycles. The second kappa shape index (κ2) is 9.86. The number of benzene rings is 1. The molecule has 0 saturated heterocycles. The Hall–Kier alpha value is -2.16. The number of nitrogens with zero attached hydrogens (tertiary/aromatic N) is 2. The second-order valence-electron chi connectivity index (χ2n) is 5.72. The Kier molecular flexibility index (Phi) is 7.47. The van der Waals surface area contributed by atoms with Gasteiger partial charge in [0, 0.05) is 29.4 Å². The number of hydrogen-bond acceptors (Lipinski definition) is 4. The van der Waals surface area contributed by atoms with E-state index in [1.165, 1.54) is 15.3 Å². The minimum atomic E-state index is -0.0217. The van der Waals surface area contributed by atoms with E-state index in [9.17, 15) is 4.79 Å². The molecule has 0 bridgehead atoms. The zero-order chi connectivity index (χ0) is 17.2. The Morgan fingerprint density at radius 1 is 1.25 bits per heavy atom. The van der Waals surface area contributed by atoms with Gasteiger partial charge in [0.15, 0.2) is 0 Å². The molecule has 1 amide bonds. The van der Waals surface area contributed by atoms with E-state index >= 15 is 0 Å². The van der Waals surface area contributed by atoms with E-state index in [1.807, 2.05) is 24.3 Å². The number of rotatable bonds is 9. The maximum atomic E-state index is 12.1. The van der Waals surface area contributed by atoms with E-state index in [0.29, 0.717) is 19.5 Å². The van der Waals surface area contributed by atoms with Gasteiger partial charge in [0.25, 0.3) is 0 Å². The minimum Gasteiger partial charge on any atom is -0.354 e. The number of thiophene rings is 1. The molecular weight excluding hydrogens is 318 g/mol. The van der Waals surface area contributed by atoms with Crippen molar-refractivity contribution in [3.8, 4) is 6.07 Å². The summed E-state index contributed by atoms with van der Waals surface area (Å²) in [6, 6.07) is 16.6. The van der Waals surface area contributed by atoms with Crippen LogP contribution in [0.4, 0.5) is 0 Å². The fourth-order valence-corrected chi connectivity index (χ4v) is 3.39. The van der Waals surface area contributed by atoms with Crippen LogP contribution in [0.1, 0.15) is 21.7 Å². The molecule has 0 aliphatic rings. The van der Waals surface area contributed by atoms with Crippen molar-refractivity contribution in [2.75, 3.05) is 19.6 Å². The molecule has 4 nitrogen and oxygen atoms in total. The molecule has 2 aromatic rings. The van der Waals surface area contributed by atoms with Crippen molar-refractivity contribution in [1.29, 1.82) is 5.26 Å². The topological polar surface area (TPSA) is 56.1 Å². The highest BCUT2D eigenvalue weighted by Gasteiger charge is 2.12. The molecule has 1 aromatic heterocycles. The summed E-state index contributed by atoms with van der Waals surface area (Å²) in [5.41, 5.74) is 1.27. The molecular formula is C19H23N3OS. The lowest BCUT2D eigenvalue weighted by Gasteiger charge is -2.21. The summed E-state index contributed by atoms with van der Waals surface area (Å²) in [6.45, 7) is 4.47. The monoisotopic (exact) mass is 341 g/mol. The van der Waals surface area contributed by atoms with E-state index in [4.69, 9.17) is 5.26 Å². The molecule has 1 aromatic carbocycles. The van der Waals surface area contributed by atoms with Crippen LogP contribution in [0.25, 0.3) is 0 Å².